The monoisotopic (exact) mass is 338 g/mol. The molecule has 2 aromatic rings. The number of imide groups is 1. The van der Waals surface area contributed by atoms with Crippen molar-refractivity contribution in [3.05, 3.63) is 70.1 Å². The summed E-state index contributed by atoms with van der Waals surface area (Å²) in [4.78, 5) is 26.3. The summed E-state index contributed by atoms with van der Waals surface area (Å²) in [6.45, 7) is 4.16. The molecule has 4 nitrogen and oxygen atoms in total. The van der Waals surface area contributed by atoms with Crippen LogP contribution in [-0.2, 0) is 4.79 Å². The molecule has 0 spiro atoms. The molecule has 1 aliphatic heterocycles. The summed E-state index contributed by atoms with van der Waals surface area (Å²) in [5.41, 5.74) is 4.06. The lowest BCUT2D eigenvalue weighted by Crippen LogP contribution is -2.33. The Labute approximate surface area is 145 Å². The van der Waals surface area contributed by atoms with Crippen molar-refractivity contribution in [2.45, 2.75) is 13.8 Å². The maximum absolute atomic E-state index is 12.5. The van der Waals surface area contributed by atoms with Crippen molar-refractivity contribution in [3.8, 4) is 0 Å². The first-order chi connectivity index (χ1) is 11.5. The fourth-order valence-corrected chi connectivity index (χ4v) is 3.20. The van der Waals surface area contributed by atoms with Crippen LogP contribution in [0.25, 0.3) is 6.08 Å². The Morgan fingerprint density at radius 3 is 2.46 bits per heavy atom. The second-order valence-corrected chi connectivity index (χ2v) is 6.66. The number of aryl methyl sites for hydroxylation is 2. The van der Waals surface area contributed by atoms with Gasteiger partial charge in [0, 0.05) is 5.69 Å². The van der Waals surface area contributed by atoms with Crippen molar-refractivity contribution >= 4 is 34.7 Å². The molecule has 1 N–H and O–H groups in total. The maximum Gasteiger partial charge on any atom is 0.295 e. The molecule has 1 saturated heterocycles. The number of hydrogen-bond donors (Lipinski definition) is 1. The molecule has 1 fully saturated rings. The average Bonchev–Trinajstić information content (AvgIpc) is 2.83. The predicted octanol–water partition coefficient (Wildman–Crippen LogP) is 4.41. The quantitative estimate of drug-likeness (QED) is 0.839. The first-order valence-electron chi connectivity index (χ1n) is 7.66. The third kappa shape index (κ3) is 3.51. The van der Waals surface area contributed by atoms with Gasteiger partial charge in [-0.15, -0.1) is 0 Å². The van der Waals surface area contributed by atoms with Gasteiger partial charge in [0.2, 0.25) is 0 Å². The summed E-state index contributed by atoms with van der Waals surface area (Å²) in [5, 5.41) is 2.86. The number of nitrogens with one attached hydrogen (secondary N) is 1. The highest BCUT2D eigenvalue weighted by atomic mass is 32.2. The third-order valence-corrected chi connectivity index (χ3v) is 4.75. The highest BCUT2D eigenvalue weighted by Crippen LogP contribution is 2.32. The Hall–Kier alpha value is -2.53. The van der Waals surface area contributed by atoms with Crippen molar-refractivity contribution in [1.29, 1.82) is 0 Å². The number of hydrogen-bond acceptors (Lipinski definition) is 4. The maximum atomic E-state index is 12.5. The van der Waals surface area contributed by atoms with E-state index >= 15 is 0 Å². The summed E-state index contributed by atoms with van der Waals surface area (Å²) in [6.07, 6.45) is 1.78. The molecule has 122 valence electrons. The lowest BCUT2D eigenvalue weighted by atomic mass is 10.1. The zero-order valence-corrected chi connectivity index (χ0v) is 14.4. The lowest BCUT2D eigenvalue weighted by molar-refractivity contribution is -0.122. The highest BCUT2D eigenvalue weighted by Gasteiger charge is 2.34. The van der Waals surface area contributed by atoms with Crippen LogP contribution in [-0.4, -0.2) is 22.7 Å². The van der Waals surface area contributed by atoms with Crippen LogP contribution in [0.3, 0.4) is 0 Å². The van der Waals surface area contributed by atoms with Crippen LogP contribution in [0.4, 0.5) is 10.5 Å². The molecule has 2 amide bonds. The van der Waals surface area contributed by atoms with Gasteiger partial charge in [0.05, 0.1) is 11.6 Å². The Morgan fingerprint density at radius 2 is 1.75 bits per heavy atom. The molecule has 1 aliphatic rings. The van der Waals surface area contributed by atoms with Crippen LogP contribution in [0.15, 0.2) is 53.4 Å². The second-order valence-electron chi connectivity index (χ2n) is 5.67. The first kappa shape index (κ1) is 16.3. The number of benzene rings is 2. The number of thioether (sulfide) groups is 1. The fourth-order valence-electron chi connectivity index (χ4n) is 2.37. The normalized spacial score (nSPS) is 16.1. The fraction of sp³-hybridized carbons (Fsp3) is 0.158. The van der Waals surface area contributed by atoms with Gasteiger partial charge in [-0.3, -0.25) is 14.5 Å². The Balaban J connectivity index is 1.72. The smallest absolute Gasteiger partial charge is 0.295 e. The van der Waals surface area contributed by atoms with Crippen LogP contribution < -0.4 is 5.32 Å². The van der Waals surface area contributed by atoms with E-state index in [0.717, 1.165) is 34.1 Å². The topological polar surface area (TPSA) is 49.4 Å². The molecular formula is C19H18N2O2S. The molecule has 0 atom stereocenters. The van der Waals surface area contributed by atoms with Gasteiger partial charge in [0.25, 0.3) is 11.1 Å². The summed E-state index contributed by atoms with van der Waals surface area (Å²) >= 11 is 0.981. The van der Waals surface area contributed by atoms with E-state index in [1.807, 2.05) is 62.4 Å². The molecule has 0 aromatic heterocycles. The largest absolute Gasteiger partial charge is 0.367 e. The molecule has 1 heterocycles. The molecule has 0 radical (unpaired) electrons. The van der Waals surface area contributed by atoms with Crippen molar-refractivity contribution in [2.24, 2.45) is 0 Å². The summed E-state index contributed by atoms with van der Waals surface area (Å²) in [5.74, 6) is -0.257. The predicted molar refractivity (Wildman–Crippen MR) is 98.7 cm³/mol. The van der Waals surface area contributed by atoms with Crippen LogP contribution >= 0.6 is 11.8 Å². The minimum Gasteiger partial charge on any atom is -0.367 e. The first-order valence-corrected chi connectivity index (χ1v) is 8.48. The number of rotatable bonds is 4. The number of anilines is 1. The summed E-state index contributed by atoms with van der Waals surface area (Å²) in [6, 6.07) is 15.6. The van der Waals surface area contributed by atoms with E-state index in [2.05, 4.69) is 5.32 Å². The molecule has 5 heteroatoms. The van der Waals surface area contributed by atoms with Crippen LogP contribution in [0, 0.1) is 13.8 Å². The van der Waals surface area contributed by atoms with Gasteiger partial charge in [-0.1, -0.05) is 42.0 Å². The molecule has 0 unspecified atom stereocenters. The van der Waals surface area contributed by atoms with Gasteiger partial charge in [-0.25, -0.2) is 0 Å². The van der Waals surface area contributed by atoms with Crippen LogP contribution in [0.2, 0.25) is 0 Å². The van der Waals surface area contributed by atoms with Crippen LogP contribution in [0.5, 0.6) is 0 Å². The Morgan fingerprint density at radius 1 is 1.04 bits per heavy atom. The zero-order valence-electron chi connectivity index (χ0n) is 13.6. The lowest BCUT2D eigenvalue weighted by Gasteiger charge is -2.14. The van der Waals surface area contributed by atoms with Crippen molar-refractivity contribution in [2.75, 3.05) is 12.0 Å². The van der Waals surface area contributed by atoms with Crippen LogP contribution in [0.1, 0.15) is 16.7 Å². The van der Waals surface area contributed by atoms with E-state index in [1.54, 1.807) is 6.08 Å². The molecular weight excluding hydrogens is 320 g/mol. The molecule has 2 aromatic carbocycles. The molecule has 24 heavy (non-hydrogen) atoms. The molecule has 0 bridgehead atoms. The summed E-state index contributed by atoms with van der Waals surface area (Å²) in [7, 11) is 0. The van der Waals surface area contributed by atoms with Crippen molar-refractivity contribution in [3.63, 3.8) is 0 Å². The standard InChI is InChI=1S/C19H18N2O2S/c1-13-7-9-16(10-8-13)20-12-21-18(22)17(24-19(21)23)11-15-6-4-3-5-14(15)2/h3-11,20H,12H2,1-2H3. The number of amides is 2. The molecule has 0 saturated carbocycles. The molecule has 3 rings (SSSR count). The third-order valence-electron chi connectivity index (χ3n) is 3.84. The average molecular weight is 338 g/mol. The van der Waals surface area contributed by atoms with Gasteiger partial charge < -0.3 is 5.32 Å². The van der Waals surface area contributed by atoms with Gasteiger partial charge in [-0.2, -0.15) is 0 Å². The minimum atomic E-state index is -0.257. The van der Waals surface area contributed by atoms with Crippen molar-refractivity contribution in [1.82, 2.24) is 4.90 Å². The van der Waals surface area contributed by atoms with Gasteiger partial charge in [0.15, 0.2) is 0 Å². The zero-order chi connectivity index (χ0) is 17.1. The van der Waals surface area contributed by atoms with E-state index in [0.29, 0.717) is 4.91 Å². The van der Waals surface area contributed by atoms with Gasteiger partial charge >= 0.3 is 0 Å². The highest BCUT2D eigenvalue weighted by molar-refractivity contribution is 8.18. The molecule has 0 aliphatic carbocycles. The van der Waals surface area contributed by atoms with E-state index in [4.69, 9.17) is 0 Å². The second kappa shape index (κ2) is 6.93. The van der Waals surface area contributed by atoms with E-state index in [-0.39, 0.29) is 17.8 Å². The van der Waals surface area contributed by atoms with Crippen molar-refractivity contribution < 1.29 is 9.59 Å². The number of nitrogens with zero attached hydrogens (tertiary/aromatic N) is 1. The van der Waals surface area contributed by atoms with Gasteiger partial charge in [-0.05, 0) is 54.9 Å². The number of carbonyl (C=O) groups excluding carboxylic acids is 2. The Kier molecular flexibility index (Phi) is 4.71. The van der Waals surface area contributed by atoms with E-state index in [9.17, 15) is 9.59 Å². The van der Waals surface area contributed by atoms with E-state index in [1.165, 1.54) is 4.90 Å². The SMILES string of the molecule is Cc1ccc(NCN2C(=O)SC(=Cc3ccccc3C)C2=O)cc1. The van der Waals surface area contributed by atoms with E-state index < -0.39 is 0 Å². The Bertz CT molecular complexity index is 812. The minimum absolute atomic E-state index is 0.166. The van der Waals surface area contributed by atoms with Gasteiger partial charge in [0.1, 0.15) is 0 Å². The number of carbonyl (C=O) groups is 2. The summed E-state index contributed by atoms with van der Waals surface area (Å²) < 4.78 is 0.